The van der Waals surface area contributed by atoms with Crippen LogP contribution in [0.4, 0.5) is 0 Å². The van der Waals surface area contributed by atoms with Crippen LogP contribution in [0.25, 0.3) is 0 Å². The number of sulfonamides is 1. The van der Waals surface area contributed by atoms with E-state index in [9.17, 15) is 8.42 Å². The molecule has 31 heavy (non-hydrogen) atoms. The molecule has 0 bridgehead atoms. The van der Waals surface area contributed by atoms with Crippen LogP contribution in [0, 0.1) is 10.8 Å². The standard InChI is InChI=1S/C23H46N4O3S/c1-13-18(19-15-26(11)25-24-19)14-23(9,10)20(30-17(2)21(3,4)5)16-27(22(6,7)8)31(12,28)29/h15,17-18,20H,13-14,16H2,1-12H3. The largest absolute Gasteiger partial charge is 0.373 e. The van der Waals surface area contributed by atoms with Gasteiger partial charge in [0, 0.05) is 31.2 Å². The highest BCUT2D eigenvalue weighted by Gasteiger charge is 2.41. The molecule has 0 radical (unpaired) electrons. The molecular weight excluding hydrogens is 412 g/mol. The zero-order chi connectivity index (χ0) is 24.4. The first-order valence-electron chi connectivity index (χ1n) is 11.3. The van der Waals surface area contributed by atoms with Crippen molar-refractivity contribution < 1.29 is 13.2 Å². The van der Waals surface area contributed by atoms with Crippen LogP contribution in [0.1, 0.15) is 93.7 Å². The molecule has 8 heteroatoms. The number of rotatable bonds is 10. The van der Waals surface area contributed by atoms with Gasteiger partial charge in [-0.25, -0.2) is 8.42 Å². The molecule has 0 fully saturated rings. The first-order valence-corrected chi connectivity index (χ1v) is 13.1. The van der Waals surface area contributed by atoms with E-state index >= 15 is 0 Å². The molecule has 1 aromatic heterocycles. The van der Waals surface area contributed by atoms with E-state index in [1.807, 2.05) is 34.0 Å². The maximum Gasteiger partial charge on any atom is 0.211 e. The summed E-state index contributed by atoms with van der Waals surface area (Å²) in [5.74, 6) is 0.223. The second-order valence-corrected chi connectivity index (χ2v) is 13.6. The minimum Gasteiger partial charge on any atom is -0.373 e. The minimum absolute atomic E-state index is 0.0326. The van der Waals surface area contributed by atoms with Crippen molar-refractivity contribution in [2.75, 3.05) is 12.8 Å². The molecule has 3 atom stereocenters. The van der Waals surface area contributed by atoms with Crippen LogP contribution >= 0.6 is 0 Å². The molecule has 182 valence electrons. The van der Waals surface area contributed by atoms with Crippen molar-refractivity contribution in [3.05, 3.63) is 11.9 Å². The average Bonchev–Trinajstić information content (AvgIpc) is 2.99. The molecule has 0 aliphatic rings. The van der Waals surface area contributed by atoms with Crippen LogP contribution in [0.2, 0.25) is 0 Å². The smallest absolute Gasteiger partial charge is 0.211 e. The van der Waals surface area contributed by atoms with Crippen LogP contribution in [0.5, 0.6) is 0 Å². The second-order valence-electron chi connectivity index (χ2n) is 11.7. The SMILES string of the molecule is CCC(CC(C)(C)C(CN(C(C)(C)C)S(C)(=O)=O)OC(C)C(C)(C)C)c1cn(C)nn1. The van der Waals surface area contributed by atoms with Gasteiger partial charge in [0.2, 0.25) is 10.0 Å². The van der Waals surface area contributed by atoms with Crippen molar-refractivity contribution in [1.82, 2.24) is 19.3 Å². The van der Waals surface area contributed by atoms with Crippen molar-refractivity contribution in [2.24, 2.45) is 17.9 Å². The van der Waals surface area contributed by atoms with Gasteiger partial charge in [-0.1, -0.05) is 46.8 Å². The van der Waals surface area contributed by atoms with Gasteiger partial charge in [-0.05, 0) is 51.4 Å². The molecule has 0 N–H and O–H groups in total. The lowest BCUT2D eigenvalue weighted by atomic mass is 9.75. The van der Waals surface area contributed by atoms with Crippen molar-refractivity contribution in [3.8, 4) is 0 Å². The Kier molecular flexibility index (Phi) is 8.93. The summed E-state index contributed by atoms with van der Waals surface area (Å²) in [5.41, 5.74) is 0.0922. The van der Waals surface area contributed by atoms with E-state index < -0.39 is 15.6 Å². The summed E-state index contributed by atoms with van der Waals surface area (Å²) in [6, 6.07) is 0. The predicted octanol–water partition coefficient (Wildman–Crippen LogP) is 4.60. The molecule has 1 heterocycles. The summed E-state index contributed by atoms with van der Waals surface area (Å²) >= 11 is 0. The van der Waals surface area contributed by atoms with Gasteiger partial charge in [-0.3, -0.25) is 4.68 Å². The highest BCUT2D eigenvalue weighted by molar-refractivity contribution is 7.88. The molecule has 7 nitrogen and oxygen atoms in total. The Bertz CT molecular complexity index is 804. The van der Waals surface area contributed by atoms with E-state index in [2.05, 4.69) is 58.8 Å². The van der Waals surface area contributed by atoms with Crippen molar-refractivity contribution in [3.63, 3.8) is 0 Å². The van der Waals surface area contributed by atoms with Gasteiger partial charge >= 0.3 is 0 Å². The normalized spacial score (nSPS) is 17.1. The molecule has 1 aromatic rings. The topological polar surface area (TPSA) is 77.3 Å². The molecule has 0 saturated heterocycles. The Hall–Kier alpha value is -0.990. The van der Waals surface area contributed by atoms with E-state index in [0.29, 0.717) is 6.54 Å². The number of ether oxygens (including phenoxy) is 1. The van der Waals surface area contributed by atoms with Gasteiger partial charge in [0.05, 0.1) is 24.2 Å². The van der Waals surface area contributed by atoms with Crippen LogP contribution < -0.4 is 0 Å². The molecule has 0 spiro atoms. The Balaban J connectivity index is 3.32. The molecule has 0 aliphatic heterocycles. The summed E-state index contributed by atoms with van der Waals surface area (Å²) in [5, 5.41) is 8.44. The summed E-state index contributed by atoms with van der Waals surface area (Å²) in [6.45, 7) is 21.1. The van der Waals surface area contributed by atoms with Gasteiger partial charge < -0.3 is 4.74 Å². The lowest BCUT2D eigenvalue weighted by Gasteiger charge is -2.44. The molecule has 3 unspecified atom stereocenters. The number of hydrogen-bond acceptors (Lipinski definition) is 5. The lowest BCUT2D eigenvalue weighted by molar-refractivity contribution is -0.114. The fraction of sp³-hybridized carbons (Fsp3) is 0.913. The van der Waals surface area contributed by atoms with E-state index in [0.717, 1.165) is 18.5 Å². The fourth-order valence-corrected chi connectivity index (χ4v) is 5.16. The fourth-order valence-electron chi connectivity index (χ4n) is 3.76. The van der Waals surface area contributed by atoms with E-state index in [4.69, 9.17) is 4.74 Å². The van der Waals surface area contributed by atoms with Crippen LogP contribution in [0.15, 0.2) is 6.20 Å². The molecular formula is C23H46N4O3S. The average molecular weight is 459 g/mol. The number of aryl methyl sites for hydroxylation is 1. The third kappa shape index (κ3) is 8.13. The van der Waals surface area contributed by atoms with Crippen molar-refractivity contribution in [2.45, 2.75) is 106 Å². The number of nitrogens with zero attached hydrogens (tertiary/aromatic N) is 4. The third-order valence-corrected chi connectivity index (χ3v) is 7.74. The Morgan fingerprint density at radius 2 is 1.68 bits per heavy atom. The monoisotopic (exact) mass is 458 g/mol. The van der Waals surface area contributed by atoms with Gasteiger partial charge in [0.15, 0.2) is 0 Å². The lowest BCUT2D eigenvalue weighted by Crippen LogP contribution is -2.53. The summed E-state index contributed by atoms with van der Waals surface area (Å²) in [7, 11) is -1.53. The number of aromatic nitrogens is 3. The zero-order valence-corrected chi connectivity index (χ0v) is 22.7. The summed E-state index contributed by atoms with van der Waals surface area (Å²) < 4.78 is 35.3. The predicted molar refractivity (Wildman–Crippen MR) is 128 cm³/mol. The number of hydrogen-bond donors (Lipinski definition) is 0. The maximum atomic E-state index is 12.7. The van der Waals surface area contributed by atoms with Gasteiger partial charge in [0.25, 0.3) is 0 Å². The minimum atomic E-state index is -3.40. The molecule has 0 saturated carbocycles. The molecule has 0 amide bonds. The second kappa shape index (κ2) is 9.87. The first-order chi connectivity index (χ1) is 13.8. The Morgan fingerprint density at radius 1 is 1.13 bits per heavy atom. The highest BCUT2D eigenvalue weighted by Crippen LogP contribution is 2.39. The zero-order valence-electron chi connectivity index (χ0n) is 21.9. The quantitative estimate of drug-likeness (QED) is 0.512. The van der Waals surface area contributed by atoms with E-state index in [1.165, 1.54) is 6.26 Å². The summed E-state index contributed by atoms with van der Waals surface area (Å²) in [6.07, 6.45) is 4.69. The van der Waals surface area contributed by atoms with E-state index in [-0.39, 0.29) is 29.0 Å². The highest BCUT2D eigenvalue weighted by atomic mass is 32.2. The van der Waals surface area contributed by atoms with Crippen LogP contribution in [-0.4, -0.2) is 58.3 Å². The summed E-state index contributed by atoms with van der Waals surface area (Å²) in [4.78, 5) is 0. The third-order valence-electron chi connectivity index (χ3n) is 6.24. The molecule has 0 aromatic carbocycles. The van der Waals surface area contributed by atoms with Gasteiger partial charge in [-0.15, -0.1) is 5.10 Å². The maximum absolute atomic E-state index is 12.7. The van der Waals surface area contributed by atoms with Gasteiger partial charge in [-0.2, -0.15) is 4.31 Å². The Morgan fingerprint density at radius 3 is 2.03 bits per heavy atom. The van der Waals surface area contributed by atoms with E-state index in [1.54, 1.807) is 8.99 Å². The molecule has 1 rings (SSSR count). The van der Waals surface area contributed by atoms with Crippen LogP contribution in [-0.2, 0) is 21.8 Å². The Labute approximate surface area is 191 Å². The van der Waals surface area contributed by atoms with Crippen LogP contribution in [0.3, 0.4) is 0 Å². The van der Waals surface area contributed by atoms with Crippen molar-refractivity contribution >= 4 is 10.0 Å². The van der Waals surface area contributed by atoms with Gasteiger partial charge in [0.1, 0.15) is 0 Å². The van der Waals surface area contributed by atoms with Crippen molar-refractivity contribution in [1.29, 1.82) is 0 Å². The first kappa shape index (κ1) is 28.0. The molecule has 0 aliphatic carbocycles.